The summed E-state index contributed by atoms with van der Waals surface area (Å²) in [5.41, 5.74) is 1.90. The number of benzene rings is 2. The van der Waals surface area contributed by atoms with Crippen LogP contribution in [0.15, 0.2) is 60.7 Å². The van der Waals surface area contributed by atoms with Gasteiger partial charge in [-0.1, -0.05) is 74.5 Å². The van der Waals surface area contributed by atoms with Gasteiger partial charge in [0.05, 0.1) is 31.0 Å². The van der Waals surface area contributed by atoms with Crippen LogP contribution >= 0.6 is 0 Å². The Morgan fingerprint density at radius 3 is 1.91 bits per heavy atom. The molecule has 236 valence electrons. The maximum absolute atomic E-state index is 13.3. The molecule has 10 heteroatoms. The summed E-state index contributed by atoms with van der Waals surface area (Å²) in [4.78, 5) is 25.0. The summed E-state index contributed by atoms with van der Waals surface area (Å²) in [7, 11) is 3.11. The fraction of sp³-hybridized carbons (Fsp3) is 0.576. The van der Waals surface area contributed by atoms with Gasteiger partial charge in [0.2, 0.25) is 0 Å². The van der Waals surface area contributed by atoms with Gasteiger partial charge in [-0.25, -0.2) is 4.79 Å². The van der Waals surface area contributed by atoms with E-state index in [4.69, 9.17) is 37.9 Å². The van der Waals surface area contributed by atoms with Crippen LogP contribution in [0.1, 0.15) is 38.8 Å². The Kier molecular flexibility index (Phi) is 12.1. The highest BCUT2D eigenvalue weighted by atomic mass is 16.7. The lowest BCUT2D eigenvalue weighted by Gasteiger charge is -2.48. The average molecular weight is 601 g/mol. The van der Waals surface area contributed by atoms with Crippen molar-refractivity contribution in [1.82, 2.24) is 0 Å². The molecule has 2 aromatic rings. The summed E-state index contributed by atoms with van der Waals surface area (Å²) in [5, 5.41) is 0. The van der Waals surface area contributed by atoms with Crippen LogP contribution in [0, 0.1) is 11.8 Å². The molecule has 2 heterocycles. The van der Waals surface area contributed by atoms with Gasteiger partial charge in [0, 0.05) is 33.0 Å². The third-order valence-electron chi connectivity index (χ3n) is 8.15. The fourth-order valence-corrected chi connectivity index (χ4v) is 5.89. The molecule has 0 saturated carbocycles. The summed E-state index contributed by atoms with van der Waals surface area (Å²) in [6.07, 6.45) is -5.08. The predicted molar refractivity (Wildman–Crippen MR) is 156 cm³/mol. The van der Waals surface area contributed by atoms with Crippen LogP contribution in [-0.4, -0.2) is 81.8 Å². The molecule has 2 aliphatic rings. The van der Waals surface area contributed by atoms with Crippen molar-refractivity contribution in [2.75, 3.05) is 20.8 Å². The molecule has 4 unspecified atom stereocenters. The van der Waals surface area contributed by atoms with Crippen LogP contribution in [0.25, 0.3) is 0 Å². The third kappa shape index (κ3) is 8.41. The van der Waals surface area contributed by atoms with E-state index in [0.717, 1.165) is 11.1 Å². The van der Waals surface area contributed by atoms with Crippen molar-refractivity contribution in [3.8, 4) is 0 Å². The van der Waals surface area contributed by atoms with Gasteiger partial charge in [0.15, 0.2) is 12.4 Å². The van der Waals surface area contributed by atoms with Crippen molar-refractivity contribution in [3.63, 3.8) is 0 Å². The Balaban J connectivity index is 1.54. The van der Waals surface area contributed by atoms with Crippen molar-refractivity contribution in [1.29, 1.82) is 0 Å². The second-order valence-electron chi connectivity index (χ2n) is 11.2. The highest BCUT2D eigenvalue weighted by Gasteiger charge is 2.52. The highest BCUT2D eigenvalue weighted by Crippen LogP contribution is 2.36. The molecule has 0 amide bonds. The van der Waals surface area contributed by atoms with Crippen LogP contribution in [0.5, 0.6) is 0 Å². The van der Waals surface area contributed by atoms with Crippen molar-refractivity contribution in [2.24, 2.45) is 11.8 Å². The zero-order valence-corrected chi connectivity index (χ0v) is 25.8. The maximum Gasteiger partial charge on any atom is 0.336 e. The Morgan fingerprint density at radius 1 is 0.721 bits per heavy atom. The number of carbonyl (C=O) groups excluding carboxylic acids is 2. The summed E-state index contributed by atoms with van der Waals surface area (Å²) in [6.45, 7) is 7.63. The number of hydrogen-bond acceptors (Lipinski definition) is 10. The van der Waals surface area contributed by atoms with E-state index < -0.39 is 54.7 Å². The van der Waals surface area contributed by atoms with Crippen molar-refractivity contribution in [3.05, 3.63) is 71.8 Å². The zero-order valence-electron chi connectivity index (χ0n) is 25.8. The van der Waals surface area contributed by atoms with E-state index in [2.05, 4.69) is 0 Å². The molecule has 0 aromatic heterocycles. The Morgan fingerprint density at radius 2 is 1.33 bits per heavy atom. The van der Waals surface area contributed by atoms with E-state index in [9.17, 15) is 9.59 Å². The largest absolute Gasteiger partial charge is 0.463 e. The van der Waals surface area contributed by atoms with Gasteiger partial charge in [-0.05, 0) is 18.1 Å². The molecule has 0 bridgehead atoms. The molecule has 2 fully saturated rings. The van der Waals surface area contributed by atoms with Gasteiger partial charge in [0.1, 0.15) is 25.4 Å². The third-order valence-corrected chi connectivity index (χ3v) is 8.15. The minimum Gasteiger partial charge on any atom is -0.463 e. The molecule has 2 aliphatic heterocycles. The second kappa shape index (κ2) is 15.7. The first kappa shape index (κ1) is 33.0. The molecule has 10 atom stereocenters. The van der Waals surface area contributed by atoms with Gasteiger partial charge in [-0.3, -0.25) is 4.79 Å². The molecule has 0 aliphatic carbocycles. The molecular formula is C33H44O10. The van der Waals surface area contributed by atoms with Gasteiger partial charge in [-0.2, -0.15) is 0 Å². The van der Waals surface area contributed by atoms with Gasteiger partial charge < -0.3 is 37.9 Å². The van der Waals surface area contributed by atoms with Crippen LogP contribution in [0.4, 0.5) is 0 Å². The molecule has 2 saturated heterocycles. The summed E-state index contributed by atoms with van der Waals surface area (Å²) in [5.74, 6) is -1.55. The number of ether oxygens (including phenoxy) is 8. The molecule has 0 radical (unpaired) electrons. The van der Waals surface area contributed by atoms with Crippen molar-refractivity contribution >= 4 is 11.9 Å². The normalized spacial score (nSPS) is 32.6. The summed E-state index contributed by atoms with van der Waals surface area (Å²) >= 11 is 0. The first-order valence-electron chi connectivity index (χ1n) is 14.7. The fourth-order valence-electron chi connectivity index (χ4n) is 5.89. The van der Waals surface area contributed by atoms with Crippen LogP contribution in [-0.2, 0) is 60.7 Å². The van der Waals surface area contributed by atoms with Crippen molar-refractivity contribution in [2.45, 2.75) is 89.9 Å². The first-order valence-corrected chi connectivity index (χ1v) is 14.7. The van der Waals surface area contributed by atoms with Gasteiger partial charge in [0.25, 0.3) is 0 Å². The minimum absolute atomic E-state index is 0.0168. The quantitative estimate of drug-likeness (QED) is 0.331. The Labute approximate surface area is 253 Å². The second-order valence-corrected chi connectivity index (χ2v) is 11.2. The van der Waals surface area contributed by atoms with E-state index >= 15 is 0 Å². The standard InChI is InChI=1S/C33H44O10/c1-20-27(39-17-24-13-9-7-10-14-24)22(3)41-26(19-38-23(4)34)28(20)42-33-31(37-6)29(36-5)21(2)30(43-33)32(35)40-18-25-15-11-8-12-16-25/h7-16,20-22,26-31,33H,17-19H2,1-6H3/t20?,21-,22-,26-,27?,28-,29+,30?,31?,33+/m0/s1. The molecule has 0 spiro atoms. The first-order chi connectivity index (χ1) is 20.7. The van der Waals surface area contributed by atoms with E-state index in [1.807, 2.05) is 81.4 Å². The molecular weight excluding hydrogens is 556 g/mol. The van der Waals surface area contributed by atoms with Gasteiger partial charge >= 0.3 is 11.9 Å². The zero-order chi connectivity index (χ0) is 30.9. The topological polar surface area (TPSA) is 108 Å². The molecule has 10 nitrogen and oxygen atoms in total. The molecule has 2 aromatic carbocycles. The SMILES string of the molecule is COC1[C@H](O[C@H]2C(C)C(OCc3ccccc3)[C@H](C)O[C@H]2COC(C)=O)OC(C(=O)OCc2ccccc2)[C@@H](C)[C@H]1OC. The van der Waals surface area contributed by atoms with E-state index in [1.165, 1.54) is 6.92 Å². The van der Waals surface area contributed by atoms with Crippen LogP contribution in [0.2, 0.25) is 0 Å². The average Bonchev–Trinajstić information content (AvgIpc) is 3.01. The molecule has 0 N–H and O–H groups in total. The van der Waals surface area contributed by atoms with E-state index in [0.29, 0.717) is 6.61 Å². The predicted octanol–water partition coefficient (Wildman–Crippen LogP) is 4.08. The lowest BCUT2D eigenvalue weighted by molar-refractivity contribution is -0.331. The molecule has 43 heavy (non-hydrogen) atoms. The maximum atomic E-state index is 13.3. The number of methoxy groups -OCH3 is 2. The number of rotatable bonds is 12. The Bertz CT molecular complexity index is 1140. The number of hydrogen-bond donors (Lipinski definition) is 0. The number of carbonyl (C=O) groups is 2. The highest BCUT2D eigenvalue weighted by molar-refractivity contribution is 5.75. The van der Waals surface area contributed by atoms with Gasteiger partial charge in [-0.15, -0.1) is 0 Å². The lowest BCUT2D eigenvalue weighted by atomic mass is 9.87. The summed E-state index contributed by atoms with van der Waals surface area (Å²) < 4.78 is 48.2. The number of esters is 2. The minimum atomic E-state index is -1.01. The van der Waals surface area contributed by atoms with Crippen LogP contribution < -0.4 is 0 Å². The summed E-state index contributed by atoms with van der Waals surface area (Å²) in [6, 6.07) is 19.3. The van der Waals surface area contributed by atoms with Crippen LogP contribution in [0.3, 0.4) is 0 Å². The Hall–Kier alpha value is -2.86. The van der Waals surface area contributed by atoms with E-state index in [1.54, 1.807) is 14.2 Å². The smallest absolute Gasteiger partial charge is 0.336 e. The lowest BCUT2D eigenvalue weighted by Crippen LogP contribution is -2.62. The molecule has 4 rings (SSSR count). The monoisotopic (exact) mass is 600 g/mol. The van der Waals surface area contributed by atoms with Crippen molar-refractivity contribution < 1.29 is 47.5 Å². The van der Waals surface area contributed by atoms with E-state index in [-0.39, 0.29) is 31.3 Å².